The summed E-state index contributed by atoms with van der Waals surface area (Å²) in [6.07, 6.45) is -4.36. The standard InChI is InChI=1S/C30H36F3NO5/c1-27(2,3)18-29(6,28(4,5)34)26(36)38-17-21(30(31,32)33)16-37-22-13-12-20-14-23(19-10-8-7-9-11-19)25(35)39-24(20)15-22/h7-15,21H,16-18,34H2,1-6H3. The molecule has 2 atom stereocenters. The van der Waals surface area contributed by atoms with Crippen LogP contribution in [0.2, 0.25) is 0 Å². The molecule has 1 aromatic heterocycles. The number of carbonyl (C=O) groups is 1. The van der Waals surface area contributed by atoms with Crippen LogP contribution >= 0.6 is 0 Å². The van der Waals surface area contributed by atoms with Gasteiger partial charge in [0.2, 0.25) is 0 Å². The molecule has 1 heterocycles. The van der Waals surface area contributed by atoms with Gasteiger partial charge in [0, 0.05) is 17.0 Å². The minimum Gasteiger partial charge on any atom is -0.493 e. The molecule has 39 heavy (non-hydrogen) atoms. The Bertz CT molecular complexity index is 1350. The molecule has 0 aliphatic rings. The van der Waals surface area contributed by atoms with Crippen LogP contribution in [0.1, 0.15) is 48.0 Å². The fourth-order valence-electron chi connectivity index (χ4n) is 4.39. The number of carbonyl (C=O) groups excluding carboxylic acids is 1. The number of nitrogens with two attached hydrogens (primary N) is 1. The highest BCUT2D eigenvalue weighted by atomic mass is 19.4. The van der Waals surface area contributed by atoms with Gasteiger partial charge in [0.25, 0.3) is 0 Å². The lowest BCUT2D eigenvalue weighted by molar-refractivity contribution is -0.201. The first-order valence-electron chi connectivity index (χ1n) is 12.7. The Morgan fingerprint density at radius 2 is 1.59 bits per heavy atom. The van der Waals surface area contributed by atoms with Gasteiger partial charge in [-0.05, 0) is 56.4 Å². The first-order chi connectivity index (χ1) is 17.9. The number of alkyl halides is 3. The van der Waals surface area contributed by atoms with Gasteiger partial charge in [-0.2, -0.15) is 13.2 Å². The minimum atomic E-state index is -4.69. The third-order valence-electron chi connectivity index (χ3n) is 6.88. The fraction of sp³-hybridized carbons (Fsp3) is 0.467. The molecule has 2 N–H and O–H groups in total. The van der Waals surface area contributed by atoms with Gasteiger partial charge in [0.15, 0.2) is 0 Å². The maximum atomic E-state index is 13.8. The van der Waals surface area contributed by atoms with Gasteiger partial charge >= 0.3 is 17.8 Å². The number of halogens is 3. The molecule has 0 saturated carbocycles. The SMILES string of the molecule is CC(C)(C)CC(C)(C(=O)OCC(COc1ccc2cc(-c3ccccc3)c(=O)oc2c1)C(F)(F)F)C(C)(C)N. The Balaban J connectivity index is 1.75. The molecule has 0 saturated heterocycles. The van der Waals surface area contributed by atoms with Crippen molar-refractivity contribution in [3.8, 4) is 16.9 Å². The number of esters is 1. The third-order valence-corrected chi connectivity index (χ3v) is 6.88. The van der Waals surface area contributed by atoms with Crippen LogP contribution in [-0.4, -0.2) is 30.9 Å². The molecule has 0 aliphatic carbocycles. The Hall–Kier alpha value is -3.33. The molecule has 9 heteroatoms. The van der Waals surface area contributed by atoms with Crippen molar-refractivity contribution in [2.75, 3.05) is 13.2 Å². The number of rotatable bonds is 9. The van der Waals surface area contributed by atoms with E-state index in [9.17, 15) is 22.8 Å². The van der Waals surface area contributed by atoms with E-state index in [2.05, 4.69) is 0 Å². The Labute approximate surface area is 226 Å². The molecular formula is C30H36F3NO5. The molecule has 3 rings (SSSR count). The highest BCUT2D eigenvalue weighted by Gasteiger charge is 2.49. The zero-order valence-corrected chi connectivity index (χ0v) is 23.1. The number of ether oxygens (including phenoxy) is 2. The largest absolute Gasteiger partial charge is 0.493 e. The molecular weight excluding hydrogens is 511 g/mol. The summed E-state index contributed by atoms with van der Waals surface area (Å²) < 4.78 is 57.5. The normalized spacial score (nSPS) is 15.0. The van der Waals surface area contributed by atoms with Gasteiger partial charge in [-0.3, -0.25) is 4.79 Å². The summed E-state index contributed by atoms with van der Waals surface area (Å²) in [5, 5.41) is 0.588. The van der Waals surface area contributed by atoms with Crippen LogP contribution in [0.3, 0.4) is 0 Å². The van der Waals surface area contributed by atoms with Gasteiger partial charge in [-0.1, -0.05) is 51.1 Å². The van der Waals surface area contributed by atoms with Crippen LogP contribution in [0.15, 0.2) is 63.8 Å². The van der Waals surface area contributed by atoms with Crippen molar-refractivity contribution < 1.29 is 31.9 Å². The number of hydrogen-bond donors (Lipinski definition) is 1. The monoisotopic (exact) mass is 547 g/mol. The summed E-state index contributed by atoms with van der Waals surface area (Å²) >= 11 is 0. The van der Waals surface area contributed by atoms with E-state index in [4.69, 9.17) is 19.6 Å². The molecule has 0 fully saturated rings. The average molecular weight is 548 g/mol. The summed E-state index contributed by atoms with van der Waals surface area (Å²) in [6.45, 7) is 8.99. The lowest BCUT2D eigenvalue weighted by atomic mass is 9.65. The predicted octanol–water partition coefficient (Wildman–Crippen LogP) is 6.74. The zero-order valence-electron chi connectivity index (χ0n) is 23.1. The van der Waals surface area contributed by atoms with Crippen molar-refractivity contribution in [2.24, 2.45) is 22.5 Å². The van der Waals surface area contributed by atoms with E-state index in [-0.39, 0.29) is 16.7 Å². The van der Waals surface area contributed by atoms with Crippen LogP contribution in [0, 0.1) is 16.7 Å². The maximum Gasteiger partial charge on any atom is 0.398 e. The molecule has 3 aromatic rings. The molecule has 212 valence electrons. The molecule has 2 aromatic carbocycles. The van der Waals surface area contributed by atoms with Crippen molar-refractivity contribution in [1.82, 2.24) is 0 Å². The summed E-state index contributed by atoms with van der Waals surface area (Å²) in [7, 11) is 0. The molecule has 0 radical (unpaired) electrons. The highest BCUT2D eigenvalue weighted by Crippen LogP contribution is 2.42. The average Bonchev–Trinajstić information content (AvgIpc) is 2.81. The summed E-state index contributed by atoms with van der Waals surface area (Å²) in [5.41, 5.74) is 4.37. The van der Waals surface area contributed by atoms with Crippen molar-refractivity contribution in [1.29, 1.82) is 0 Å². The van der Waals surface area contributed by atoms with Crippen LogP contribution < -0.4 is 16.1 Å². The van der Waals surface area contributed by atoms with Crippen molar-refractivity contribution in [2.45, 2.75) is 59.7 Å². The molecule has 0 bridgehead atoms. The fourth-order valence-corrected chi connectivity index (χ4v) is 4.39. The third kappa shape index (κ3) is 7.41. The van der Waals surface area contributed by atoms with Gasteiger partial charge in [0.05, 0.1) is 11.0 Å². The number of fused-ring (bicyclic) bond motifs is 1. The number of hydrogen-bond acceptors (Lipinski definition) is 6. The molecule has 0 aliphatic heterocycles. The van der Waals surface area contributed by atoms with Gasteiger partial charge < -0.3 is 19.6 Å². The predicted molar refractivity (Wildman–Crippen MR) is 144 cm³/mol. The Morgan fingerprint density at radius 3 is 2.15 bits per heavy atom. The van der Waals surface area contributed by atoms with Crippen LogP contribution in [0.4, 0.5) is 13.2 Å². The summed E-state index contributed by atoms with van der Waals surface area (Å²) in [6, 6.07) is 15.1. The Morgan fingerprint density at radius 1 is 0.949 bits per heavy atom. The van der Waals surface area contributed by atoms with E-state index >= 15 is 0 Å². The first-order valence-corrected chi connectivity index (χ1v) is 12.7. The lowest BCUT2D eigenvalue weighted by Crippen LogP contribution is -2.56. The number of benzene rings is 2. The van der Waals surface area contributed by atoms with E-state index in [0.29, 0.717) is 22.9 Å². The molecule has 6 nitrogen and oxygen atoms in total. The van der Waals surface area contributed by atoms with Crippen LogP contribution in [0.25, 0.3) is 22.1 Å². The lowest BCUT2D eigenvalue weighted by Gasteiger charge is -2.43. The summed E-state index contributed by atoms with van der Waals surface area (Å²) in [5.74, 6) is -2.79. The van der Waals surface area contributed by atoms with E-state index in [0.717, 1.165) is 0 Å². The second-order valence-electron chi connectivity index (χ2n) is 12.0. The van der Waals surface area contributed by atoms with Gasteiger partial charge in [-0.15, -0.1) is 0 Å². The van der Waals surface area contributed by atoms with E-state index < -0.39 is 47.9 Å². The first kappa shape index (κ1) is 30.2. The molecule has 0 spiro atoms. The quantitative estimate of drug-likeness (QED) is 0.236. The van der Waals surface area contributed by atoms with Gasteiger partial charge in [0.1, 0.15) is 30.5 Å². The van der Waals surface area contributed by atoms with Crippen molar-refractivity contribution >= 4 is 16.9 Å². The highest BCUT2D eigenvalue weighted by molar-refractivity contribution is 5.82. The van der Waals surface area contributed by atoms with Crippen LogP contribution in [0.5, 0.6) is 5.75 Å². The van der Waals surface area contributed by atoms with Crippen LogP contribution in [-0.2, 0) is 9.53 Å². The van der Waals surface area contributed by atoms with E-state index in [1.807, 2.05) is 26.8 Å². The molecule has 0 amide bonds. The smallest absolute Gasteiger partial charge is 0.398 e. The van der Waals surface area contributed by atoms with E-state index in [1.165, 1.54) is 12.1 Å². The second-order valence-corrected chi connectivity index (χ2v) is 12.0. The second kappa shape index (κ2) is 11.0. The summed E-state index contributed by atoms with van der Waals surface area (Å²) in [4.78, 5) is 25.6. The topological polar surface area (TPSA) is 91.8 Å². The van der Waals surface area contributed by atoms with Crippen molar-refractivity contribution in [3.05, 3.63) is 65.0 Å². The Kier molecular flexibility index (Phi) is 8.55. The van der Waals surface area contributed by atoms with Crippen molar-refractivity contribution in [3.63, 3.8) is 0 Å². The zero-order chi connectivity index (χ0) is 29.2. The maximum absolute atomic E-state index is 13.8. The molecule has 2 unspecified atom stereocenters. The van der Waals surface area contributed by atoms with E-state index in [1.54, 1.807) is 57.2 Å². The van der Waals surface area contributed by atoms with Gasteiger partial charge in [-0.25, -0.2) is 4.79 Å². The minimum absolute atomic E-state index is 0.0827.